The fourth-order valence-electron chi connectivity index (χ4n) is 4.15. The number of rotatable bonds is 11. The van der Waals surface area contributed by atoms with Crippen LogP contribution in [0.15, 0.2) is 66.4 Å². The van der Waals surface area contributed by atoms with Crippen LogP contribution in [0.3, 0.4) is 0 Å². The van der Waals surface area contributed by atoms with Gasteiger partial charge in [-0.25, -0.2) is 0 Å². The van der Waals surface area contributed by atoms with E-state index in [0.717, 1.165) is 30.5 Å². The highest BCUT2D eigenvalue weighted by atomic mass is 35.5. The first-order chi connectivity index (χ1) is 19.0. The maximum atomic E-state index is 13.5. The zero-order valence-corrected chi connectivity index (χ0v) is 23.7. The van der Waals surface area contributed by atoms with E-state index in [1.165, 1.54) is 11.1 Å². The van der Waals surface area contributed by atoms with Crippen molar-refractivity contribution in [2.75, 3.05) is 0 Å². The standard InChI is InChI=1S/C29H33ClN4O6/c1-6-34(17-24-13-9-10-14-25(24)30)32-19(3)18(2)31-28(37)26(39-20(4)35)27(40-21(5)36)29(38)33-15-22-11-7-8-12-23(22)16-33/h6-14,18,26-27H,1,15-17H2,2-5H3,(H,31,37)/b32-19+/t18-,26+,27+/m0/s1. The van der Waals surface area contributed by atoms with Crippen LogP contribution in [0.1, 0.15) is 44.4 Å². The van der Waals surface area contributed by atoms with Crippen molar-refractivity contribution in [1.82, 2.24) is 15.2 Å². The molecule has 11 heteroatoms. The van der Waals surface area contributed by atoms with Gasteiger partial charge in [0, 0.05) is 38.2 Å². The number of carbonyl (C=O) groups is 4. The number of ether oxygens (including phenoxy) is 2. The maximum Gasteiger partial charge on any atom is 0.303 e. The number of nitrogens with zero attached hydrogens (tertiary/aromatic N) is 3. The number of fused-ring (bicyclic) bond motifs is 1. The van der Waals surface area contributed by atoms with Gasteiger partial charge in [0.2, 0.25) is 12.2 Å². The first-order valence-electron chi connectivity index (χ1n) is 12.7. The van der Waals surface area contributed by atoms with Gasteiger partial charge in [0.25, 0.3) is 11.8 Å². The lowest BCUT2D eigenvalue weighted by molar-refractivity contribution is -0.178. The van der Waals surface area contributed by atoms with Gasteiger partial charge >= 0.3 is 11.9 Å². The molecule has 0 aromatic heterocycles. The summed E-state index contributed by atoms with van der Waals surface area (Å²) >= 11 is 6.26. The van der Waals surface area contributed by atoms with Crippen molar-refractivity contribution in [3.8, 4) is 0 Å². The van der Waals surface area contributed by atoms with Gasteiger partial charge in [-0.2, -0.15) is 5.10 Å². The van der Waals surface area contributed by atoms with Gasteiger partial charge < -0.3 is 19.7 Å². The van der Waals surface area contributed by atoms with E-state index in [0.29, 0.717) is 17.3 Å². The molecule has 10 nitrogen and oxygen atoms in total. The summed E-state index contributed by atoms with van der Waals surface area (Å²) in [6, 6.07) is 14.2. The molecule has 0 spiro atoms. The van der Waals surface area contributed by atoms with E-state index in [-0.39, 0.29) is 13.1 Å². The predicted octanol–water partition coefficient (Wildman–Crippen LogP) is 3.57. The summed E-state index contributed by atoms with van der Waals surface area (Å²) in [7, 11) is 0. The Morgan fingerprint density at radius 1 is 1.00 bits per heavy atom. The van der Waals surface area contributed by atoms with Crippen LogP contribution < -0.4 is 5.32 Å². The van der Waals surface area contributed by atoms with Crippen molar-refractivity contribution in [3.63, 3.8) is 0 Å². The minimum Gasteiger partial charge on any atom is -0.448 e. The van der Waals surface area contributed by atoms with Gasteiger partial charge in [-0.05, 0) is 36.6 Å². The highest BCUT2D eigenvalue weighted by molar-refractivity contribution is 6.31. The predicted molar refractivity (Wildman–Crippen MR) is 150 cm³/mol. The van der Waals surface area contributed by atoms with Gasteiger partial charge in [-0.1, -0.05) is 60.6 Å². The van der Waals surface area contributed by atoms with Crippen molar-refractivity contribution >= 4 is 41.1 Å². The monoisotopic (exact) mass is 568 g/mol. The Balaban J connectivity index is 1.78. The van der Waals surface area contributed by atoms with Gasteiger partial charge in [-0.15, -0.1) is 0 Å². The number of nitrogens with one attached hydrogen (secondary N) is 1. The van der Waals surface area contributed by atoms with E-state index in [1.54, 1.807) is 24.9 Å². The molecule has 3 rings (SSSR count). The average molecular weight is 569 g/mol. The normalized spacial score (nSPS) is 14.8. The summed E-state index contributed by atoms with van der Waals surface area (Å²) in [6.07, 6.45) is -1.87. The molecule has 1 N–H and O–H groups in total. The van der Waals surface area contributed by atoms with Gasteiger partial charge in [-0.3, -0.25) is 24.2 Å². The van der Waals surface area contributed by atoms with Crippen LogP contribution in [0, 0.1) is 0 Å². The van der Waals surface area contributed by atoms with Gasteiger partial charge in [0.05, 0.1) is 18.3 Å². The highest BCUT2D eigenvalue weighted by Gasteiger charge is 2.43. The Hall–Kier alpha value is -4.18. The van der Waals surface area contributed by atoms with Crippen molar-refractivity contribution in [1.29, 1.82) is 0 Å². The lowest BCUT2D eigenvalue weighted by Crippen LogP contribution is -2.55. The summed E-state index contributed by atoms with van der Waals surface area (Å²) < 4.78 is 10.5. The summed E-state index contributed by atoms with van der Waals surface area (Å²) in [5, 5.41) is 9.37. The van der Waals surface area contributed by atoms with Crippen molar-refractivity contribution in [2.24, 2.45) is 5.10 Å². The molecule has 2 aromatic rings. The van der Waals surface area contributed by atoms with Crippen LogP contribution in [-0.4, -0.2) is 57.6 Å². The fourth-order valence-corrected chi connectivity index (χ4v) is 4.35. The van der Waals surface area contributed by atoms with Gasteiger partial charge in [0.15, 0.2) is 0 Å². The van der Waals surface area contributed by atoms with E-state index >= 15 is 0 Å². The molecule has 0 saturated carbocycles. The highest BCUT2D eigenvalue weighted by Crippen LogP contribution is 2.24. The molecule has 0 bridgehead atoms. The SMILES string of the molecule is C=CN(Cc1ccccc1Cl)/N=C(\C)[C@H](C)NC(=O)[C@H](OC(C)=O)[C@@H](OC(C)=O)C(=O)N1Cc2ccccc2C1. The molecule has 0 aliphatic carbocycles. The molecule has 0 unspecified atom stereocenters. The van der Waals surface area contributed by atoms with E-state index in [9.17, 15) is 19.2 Å². The van der Waals surface area contributed by atoms with Crippen molar-refractivity contribution in [2.45, 2.75) is 65.6 Å². The van der Waals surface area contributed by atoms with Crippen LogP contribution in [-0.2, 0) is 48.3 Å². The van der Waals surface area contributed by atoms with Gasteiger partial charge in [0.1, 0.15) is 0 Å². The van der Waals surface area contributed by atoms with E-state index in [4.69, 9.17) is 21.1 Å². The molecular formula is C29H33ClN4O6. The van der Waals surface area contributed by atoms with Crippen LogP contribution in [0.2, 0.25) is 5.02 Å². The first kappa shape index (κ1) is 30.4. The van der Waals surface area contributed by atoms with Crippen LogP contribution in [0.25, 0.3) is 0 Å². The molecule has 40 heavy (non-hydrogen) atoms. The van der Waals surface area contributed by atoms with E-state index in [2.05, 4.69) is 17.0 Å². The minimum absolute atomic E-state index is 0.270. The number of hydrazone groups is 1. The Bertz CT molecular complexity index is 1290. The molecule has 1 aliphatic rings. The molecule has 1 aliphatic heterocycles. The lowest BCUT2D eigenvalue weighted by atomic mass is 10.1. The summed E-state index contributed by atoms with van der Waals surface area (Å²) in [5.74, 6) is -3.08. The third kappa shape index (κ3) is 7.92. The quantitative estimate of drug-likeness (QED) is 0.250. The Morgan fingerprint density at radius 3 is 2.10 bits per heavy atom. The first-order valence-corrected chi connectivity index (χ1v) is 13.1. The van der Waals surface area contributed by atoms with Crippen molar-refractivity contribution in [3.05, 3.63) is 83.0 Å². The third-order valence-electron chi connectivity index (χ3n) is 6.29. The smallest absolute Gasteiger partial charge is 0.303 e. The molecule has 2 aromatic carbocycles. The number of carbonyl (C=O) groups excluding carboxylic acids is 4. The number of hydrogen-bond donors (Lipinski definition) is 1. The molecule has 0 radical (unpaired) electrons. The number of esters is 2. The van der Waals surface area contributed by atoms with E-state index in [1.807, 2.05) is 42.5 Å². The van der Waals surface area contributed by atoms with Crippen LogP contribution >= 0.6 is 11.6 Å². The Labute approximate surface area is 238 Å². The number of benzene rings is 2. The van der Waals surface area contributed by atoms with Crippen molar-refractivity contribution < 1.29 is 28.7 Å². The fraction of sp³-hybridized carbons (Fsp3) is 0.345. The summed E-state index contributed by atoms with van der Waals surface area (Å²) in [6.45, 7) is 10.3. The zero-order chi connectivity index (χ0) is 29.4. The maximum absolute atomic E-state index is 13.5. The molecule has 3 atom stereocenters. The molecule has 2 amide bonds. The largest absolute Gasteiger partial charge is 0.448 e. The second-order valence-electron chi connectivity index (χ2n) is 9.37. The molecular weight excluding hydrogens is 536 g/mol. The summed E-state index contributed by atoms with van der Waals surface area (Å²) in [4.78, 5) is 52.3. The number of hydrogen-bond acceptors (Lipinski definition) is 8. The Morgan fingerprint density at radius 2 is 1.55 bits per heavy atom. The second-order valence-corrected chi connectivity index (χ2v) is 9.77. The number of amides is 2. The molecule has 1 heterocycles. The topological polar surface area (TPSA) is 118 Å². The van der Waals surface area contributed by atoms with Crippen LogP contribution in [0.4, 0.5) is 0 Å². The number of halogens is 1. The van der Waals surface area contributed by atoms with Crippen LogP contribution in [0.5, 0.6) is 0 Å². The Kier molecular flexibility index (Phi) is 10.4. The zero-order valence-electron chi connectivity index (χ0n) is 22.9. The lowest BCUT2D eigenvalue weighted by Gasteiger charge is -2.29. The molecule has 0 fully saturated rings. The molecule has 212 valence electrons. The average Bonchev–Trinajstić information content (AvgIpc) is 3.35. The molecule has 0 saturated heterocycles. The van der Waals surface area contributed by atoms with E-state index < -0.39 is 42.0 Å². The third-order valence-corrected chi connectivity index (χ3v) is 6.66. The summed E-state index contributed by atoms with van der Waals surface area (Å²) in [5.41, 5.74) is 3.20. The minimum atomic E-state index is -1.72. The second kappa shape index (κ2) is 13.7.